The summed E-state index contributed by atoms with van der Waals surface area (Å²) in [4.78, 5) is 12.6. The predicted molar refractivity (Wildman–Crippen MR) is 120 cm³/mol. The molecule has 0 aliphatic rings. The van der Waals surface area contributed by atoms with Gasteiger partial charge < -0.3 is 5.32 Å². The van der Waals surface area contributed by atoms with Crippen molar-refractivity contribution in [2.24, 2.45) is 0 Å². The highest BCUT2D eigenvalue weighted by atomic mass is 35.5. The number of hydrogen-bond donors (Lipinski definition) is 1. The molecule has 0 fully saturated rings. The second-order valence-corrected chi connectivity index (χ2v) is 9.49. The Morgan fingerprint density at radius 2 is 1.71 bits per heavy atom. The van der Waals surface area contributed by atoms with E-state index in [1.807, 2.05) is 6.92 Å². The highest BCUT2D eigenvalue weighted by Crippen LogP contribution is 2.26. The second-order valence-electron chi connectivity index (χ2n) is 6.79. The van der Waals surface area contributed by atoms with E-state index >= 15 is 0 Å². The molecule has 0 heterocycles. The number of aryl methyl sites for hydroxylation is 1. The first-order valence-electron chi connectivity index (χ1n) is 9.23. The average molecular weight is 481 g/mol. The molecule has 0 bridgehead atoms. The molecule has 162 valence electrons. The fourth-order valence-electron chi connectivity index (χ4n) is 2.84. The molecule has 31 heavy (non-hydrogen) atoms. The quantitative estimate of drug-likeness (QED) is 0.519. The molecule has 0 saturated heterocycles. The standard InChI is InChI=1S/C22H19Cl2FN2O3S/c1-15-6-10-18(11-7-15)31(29,30)27(21-5-3-2-4-20(21)25)14-22(28)26-13-16-8-9-17(23)12-19(16)24/h2-12H,13-14H2,1H3,(H,26,28). The van der Waals surface area contributed by atoms with Gasteiger partial charge in [0.2, 0.25) is 5.91 Å². The lowest BCUT2D eigenvalue weighted by Crippen LogP contribution is -2.41. The van der Waals surface area contributed by atoms with Gasteiger partial charge in [-0.1, -0.05) is 59.1 Å². The van der Waals surface area contributed by atoms with Crippen molar-refractivity contribution in [1.82, 2.24) is 5.32 Å². The van der Waals surface area contributed by atoms with E-state index in [1.54, 1.807) is 24.3 Å². The van der Waals surface area contributed by atoms with Gasteiger partial charge in [0.15, 0.2) is 0 Å². The van der Waals surface area contributed by atoms with E-state index in [0.29, 0.717) is 15.6 Å². The van der Waals surface area contributed by atoms with Gasteiger partial charge in [0, 0.05) is 16.6 Å². The lowest BCUT2D eigenvalue weighted by atomic mass is 10.2. The summed E-state index contributed by atoms with van der Waals surface area (Å²) in [6.07, 6.45) is 0. The van der Waals surface area contributed by atoms with Crippen LogP contribution in [0.5, 0.6) is 0 Å². The van der Waals surface area contributed by atoms with Crippen molar-refractivity contribution in [3.05, 3.63) is 93.7 Å². The minimum Gasteiger partial charge on any atom is -0.350 e. The summed E-state index contributed by atoms with van der Waals surface area (Å²) < 4.78 is 41.7. The summed E-state index contributed by atoms with van der Waals surface area (Å²) in [6, 6.07) is 16.3. The molecule has 0 aliphatic heterocycles. The van der Waals surface area contributed by atoms with Gasteiger partial charge in [-0.3, -0.25) is 9.10 Å². The zero-order valence-corrected chi connectivity index (χ0v) is 18.8. The van der Waals surface area contributed by atoms with Crippen molar-refractivity contribution in [1.29, 1.82) is 0 Å². The van der Waals surface area contributed by atoms with Crippen LogP contribution in [-0.4, -0.2) is 20.9 Å². The van der Waals surface area contributed by atoms with Crippen molar-refractivity contribution in [3.8, 4) is 0 Å². The maximum Gasteiger partial charge on any atom is 0.264 e. The number of para-hydroxylation sites is 1. The Bertz CT molecular complexity index is 1200. The van der Waals surface area contributed by atoms with Crippen LogP contribution in [0, 0.1) is 12.7 Å². The van der Waals surface area contributed by atoms with Crippen molar-refractivity contribution in [2.45, 2.75) is 18.4 Å². The third kappa shape index (κ3) is 5.55. The molecule has 1 amide bonds. The molecule has 5 nitrogen and oxygen atoms in total. The van der Waals surface area contributed by atoms with Gasteiger partial charge >= 0.3 is 0 Å². The molecular weight excluding hydrogens is 462 g/mol. The summed E-state index contributed by atoms with van der Waals surface area (Å²) in [5.74, 6) is -1.38. The lowest BCUT2D eigenvalue weighted by molar-refractivity contribution is -0.119. The Balaban J connectivity index is 1.87. The van der Waals surface area contributed by atoms with Gasteiger partial charge in [0.05, 0.1) is 10.6 Å². The van der Waals surface area contributed by atoms with Crippen LogP contribution in [-0.2, 0) is 21.4 Å². The SMILES string of the molecule is Cc1ccc(S(=O)(=O)N(CC(=O)NCc2ccc(Cl)cc2Cl)c2ccccc2F)cc1. The molecule has 0 aromatic heterocycles. The number of nitrogens with zero attached hydrogens (tertiary/aromatic N) is 1. The topological polar surface area (TPSA) is 66.5 Å². The van der Waals surface area contributed by atoms with Gasteiger partial charge in [-0.15, -0.1) is 0 Å². The summed E-state index contributed by atoms with van der Waals surface area (Å²) in [5, 5.41) is 3.44. The third-order valence-corrected chi connectivity index (χ3v) is 6.87. The zero-order valence-electron chi connectivity index (χ0n) is 16.5. The molecule has 3 rings (SSSR count). The summed E-state index contributed by atoms with van der Waals surface area (Å²) in [5.41, 5.74) is 1.26. The summed E-state index contributed by atoms with van der Waals surface area (Å²) in [7, 11) is -4.20. The number of carbonyl (C=O) groups excluding carboxylic acids is 1. The molecule has 0 spiro atoms. The van der Waals surface area contributed by atoms with E-state index in [-0.39, 0.29) is 17.1 Å². The molecular formula is C22H19Cl2FN2O3S. The van der Waals surface area contributed by atoms with Gasteiger partial charge in [0.1, 0.15) is 12.4 Å². The largest absolute Gasteiger partial charge is 0.350 e. The van der Waals surface area contributed by atoms with E-state index in [4.69, 9.17) is 23.2 Å². The van der Waals surface area contributed by atoms with E-state index in [9.17, 15) is 17.6 Å². The Labute approximate surface area is 190 Å². The van der Waals surface area contributed by atoms with Crippen molar-refractivity contribution in [3.63, 3.8) is 0 Å². The maximum absolute atomic E-state index is 14.5. The average Bonchev–Trinajstić information content (AvgIpc) is 2.72. The van der Waals surface area contributed by atoms with E-state index in [2.05, 4.69) is 5.32 Å². The minimum atomic E-state index is -4.20. The van der Waals surface area contributed by atoms with E-state index in [1.165, 1.54) is 36.4 Å². The number of benzene rings is 3. The molecule has 9 heteroatoms. The van der Waals surface area contributed by atoms with Crippen LogP contribution in [0.3, 0.4) is 0 Å². The highest BCUT2D eigenvalue weighted by molar-refractivity contribution is 7.92. The van der Waals surface area contributed by atoms with Crippen LogP contribution in [0.25, 0.3) is 0 Å². The van der Waals surface area contributed by atoms with Gasteiger partial charge in [0.25, 0.3) is 10.0 Å². The molecule has 0 aliphatic carbocycles. The van der Waals surface area contributed by atoms with Gasteiger partial charge in [-0.05, 0) is 48.9 Å². The predicted octanol–water partition coefficient (Wildman–Crippen LogP) is 4.95. The fraction of sp³-hybridized carbons (Fsp3) is 0.136. The smallest absolute Gasteiger partial charge is 0.264 e. The number of carbonyl (C=O) groups is 1. The normalized spacial score (nSPS) is 11.2. The number of sulfonamides is 1. The summed E-state index contributed by atoms with van der Waals surface area (Å²) >= 11 is 12.0. The van der Waals surface area contributed by atoms with Gasteiger partial charge in [-0.2, -0.15) is 0 Å². The lowest BCUT2D eigenvalue weighted by Gasteiger charge is -2.24. The Morgan fingerprint density at radius 1 is 1.03 bits per heavy atom. The first kappa shape index (κ1) is 23.1. The first-order valence-corrected chi connectivity index (χ1v) is 11.4. The third-order valence-electron chi connectivity index (χ3n) is 4.51. The van der Waals surface area contributed by atoms with Crippen LogP contribution in [0.1, 0.15) is 11.1 Å². The Kier molecular flexibility index (Phi) is 7.20. The monoisotopic (exact) mass is 480 g/mol. The molecule has 0 radical (unpaired) electrons. The number of nitrogens with one attached hydrogen (secondary N) is 1. The van der Waals surface area contributed by atoms with Crippen LogP contribution in [0.4, 0.5) is 10.1 Å². The van der Waals surface area contributed by atoms with E-state index < -0.39 is 28.3 Å². The van der Waals surface area contributed by atoms with Crippen LogP contribution < -0.4 is 9.62 Å². The number of hydrogen-bond acceptors (Lipinski definition) is 3. The van der Waals surface area contributed by atoms with Crippen LogP contribution in [0.2, 0.25) is 10.0 Å². The number of halogens is 3. The molecule has 1 N–H and O–H groups in total. The first-order chi connectivity index (χ1) is 14.7. The molecule has 0 unspecified atom stereocenters. The Morgan fingerprint density at radius 3 is 2.35 bits per heavy atom. The van der Waals surface area contributed by atoms with Crippen molar-refractivity contribution < 1.29 is 17.6 Å². The zero-order chi connectivity index (χ0) is 22.6. The fourth-order valence-corrected chi connectivity index (χ4v) is 4.74. The minimum absolute atomic E-state index is 0.0464. The number of anilines is 1. The molecule has 0 saturated carbocycles. The second kappa shape index (κ2) is 9.68. The van der Waals surface area contributed by atoms with Crippen LogP contribution in [0.15, 0.2) is 71.6 Å². The molecule has 0 atom stereocenters. The number of amides is 1. The number of rotatable bonds is 7. The molecule has 3 aromatic rings. The Hall–Kier alpha value is -2.61. The van der Waals surface area contributed by atoms with Crippen LogP contribution >= 0.6 is 23.2 Å². The van der Waals surface area contributed by atoms with Crippen molar-refractivity contribution in [2.75, 3.05) is 10.8 Å². The maximum atomic E-state index is 14.5. The van der Waals surface area contributed by atoms with Crippen molar-refractivity contribution >= 4 is 44.8 Å². The molecule has 3 aromatic carbocycles. The van der Waals surface area contributed by atoms with E-state index in [0.717, 1.165) is 15.9 Å². The summed E-state index contributed by atoms with van der Waals surface area (Å²) in [6.45, 7) is 1.27. The van der Waals surface area contributed by atoms with Gasteiger partial charge in [-0.25, -0.2) is 12.8 Å². The highest BCUT2D eigenvalue weighted by Gasteiger charge is 2.29.